The van der Waals surface area contributed by atoms with Crippen LogP contribution < -0.4 is 10.1 Å². The third-order valence-electron chi connectivity index (χ3n) is 4.31. The highest BCUT2D eigenvalue weighted by Crippen LogP contribution is 2.40. The second-order valence-electron chi connectivity index (χ2n) is 6.10. The summed E-state index contributed by atoms with van der Waals surface area (Å²) >= 11 is 7.14. The monoisotopic (exact) mass is 435 g/mol. The molecule has 9 heteroatoms. The van der Waals surface area contributed by atoms with Crippen LogP contribution in [-0.2, 0) is 6.18 Å². The van der Waals surface area contributed by atoms with E-state index in [0.717, 1.165) is 33.2 Å². The molecule has 0 radical (unpaired) electrons. The molecule has 0 aliphatic heterocycles. The number of hydrogen-bond acceptors (Lipinski definition) is 5. The number of nitrogens with zero attached hydrogens (tertiary/aromatic N) is 2. The summed E-state index contributed by atoms with van der Waals surface area (Å²) in [6.45, 7) is 0. The lowest BCUT2D eigenvalue weighted by molar-refractivity contribution is -0.137. The number of fused-ring (bicyclic) bond motifs is 1. The second kappa shape index (κ2) is 7.53. The van der Waals surface area contributed by atoms with Crippen LogP contribution in [0, 0.1) is 0 Å². The minimum Gasteiger partial charge on any atom is -0.497 e. The quantitative estimate of drug-likeness (QED) is 0.383. The number of halogens is 4. The summed E-state index contributed by atoms with van der Waals surface area (Å²) in [5, 5.41) is 5.29. The summed E-state index contributed by atoms with van der Waals surface area (Å²) < 4.78 is 44.7. The molecule has 4 rings (SSSR count). The first kappa shape index (κ1) is 19.5. The zero-order chi connectivity index (χ0) is 20.6. The number of nitrogens with one attached hydrogen (secondary N) is 1. The van der Waals surface area contributed by atoms with E-state index in [1.165, 1.54) is 29.8 Å². The molecular weight excluding hydrogens is 423 g/mol. The van der Waals surface area contributed by atoms with Crippen molar-refractivity contribution < 1.29 is 17.9 Å². The third-order valence-corrected chi connectivity index (χ3v) is 5.52. The van der Waals surface area contributed by atoms with E-state index < -0.39 is 11.7 Å². The highest BCUT2D eigenvalue weighted by molar-refractivity contribution is 7.17. The van der Waals surface area contributed by atoms with Crippen LogP contribution in [0.3, 0.4) is 0 Å². The average Bonchev–Trinajstić information content (AvgIpc) is 3.14. The Kier molecular flexibility index (Phi) is 5.06. The van der Waals surface area contributed by atoms with Gasteiger partial charge in [-0.3, -0.25) is 0 Å². The Balaban J connectivity index is 1.78. The van der Waals surface area contributed by atoms with Crippen molar-refractivity contribution in [3.63, 3.8) is 0 Å². The number of thiophene rings is 1. The third kappa shape index (κ3) is 3.86. The summed E-state index contributed by atoms with van der Waals surface area (Å²) in [6, 6.07) is 11.1. The molecule has 0 spiro atoms. The molecule has 0 aliphatic rings. The Morgan fingerprint density at radius 2 is 1.83 bits per heavy atom. The van der Waals surface area contributed by atoms with Gasteiger partial charge in [-0.15, -0.1) is 11.3 Å². The molecule has 4 aromatic rings. The van der Waals surface area contributed by atoms with Crippen LogP contribution in [0.15, 0.2) is 54.2 Å². The number of methoxy groups -OCH3 is 1. The van der Waals surface area contributed by atoms with E-state index in [4.69, 9.17) is 16.3 Å². The van der Waals surface area contributed by atoms with Crippen molar-refractivity contribution in [2.24, 2.45) is 0 Å². The van der Waals surface area contributed by atoms with E-state index in [9.17, 15) is 13.2 Å². The largest absolute Gasteiger partial charge is 0.497 e. The average molecular weight is 436 g/mol. The highest BCUT2D eigenvalue weighted by Gasteiger charge is 2.33. The molecule has 0 fully saturated rings. The van der Waals surface area contributed by atoms with Crippen molar-refractivity contribution in [2.75, 3.05) is 12.4 Å². The van der Waals surface area contributed by atoms with Gasteiger partial charge in [0.15, 0.2) is 0 Å². The van der Waals surface area contributed by atoms with Gasteiger partial charge in [0, 0.05) is 16.6 Å². The standard InChI is InChI=1S/C20H13ClF3N3OS/c1-28-13-5-2-11(3-6-13)14-9-29-19-17(14)18(25-10-26-19)27-12-4-7-16(21)15(8-12)20(22,23)24/h2-10H,1H3,(H,25,26,27). The highest BCUT2D eigenvalue weighted by atomic mass is 35.5. The maximum absolute atomic E-state index is 13.2. The van der Waals surface area contributed by atoms with E-state index in [1.54, 1.807) is 7.11 Å². The Hall–Kier alpha value is -2.84. The van der Waals surface area contributed by atoms with Crippen LogP contribution in [0.2, 0.25) is 5.02 Å². The zero-order valence-electron chi connectivity index (χ0n) is 14.9. The van der Waals surface area contributed by atoms with Gasteiger partial charge in [-0.2, -0.15) is 13.2 Å². The molecule has 1 N–H and O–H groups in total. The molecule has 4 nitrogen and oxygen atoms in total. The molecule has 0 unspecified atom stereocenters. The molecule has 0 bridgehead atoms. The predicted octanol–water partition coefficient (Wildman–Crippen LogP) is 6.78. The van der Waals surface area contributed by atoms with E-state index in [0.29, 0.717) is 5.82 Å². The van der Waals surface area contributed by atoms with Gasteiger partial charge < -0.3 is 10.1 Å². The van der Waals surface area contributed by atoms with Crippen LogP contribution in [0.1, 0.15) is 5.56 Å². The molecule has 0 atom stereocenters. The fourth-order valence-electron chi connectivity index (χ4n) is 2.91. The van der Waals surface area contributed by atoms with Crippen molar-refractivity contribution >= 4 is 44.7 Å². The van der Waals surface area contributed by atoms with Crippen LogP contribution in [-0.4, -0.2) is 17.1 Å². The number of hydrogen-bond donors (Lipinski definition) is 1. The number of aromatic nitrogens is 2. The van der Waals surface area contributed by atoms with E-state index in [2.05, 4.69) is 15.3 Å². The summed E-state index contributed by atoms with van der Waals surface area (Å²) in [6.07, 6.45) is -3.17. The number of benzene rings is 2. The fourth-order valence-corrected chi connectivity index (χ4v) is 4.05. The molecule has 0 aliphatic carbocycles. The SMILES string of the molecule is COc1ccc(-c2csc3ncnc(Nc4ccc(Cl)c(C(F)(F)F)c4)c23)cc1. The van der Waals surface area contributed by atoms with Gasteiger partial charge in [0.2, 0.25) is 0 Å². The lowest BCUT2D eigenvalue weighted by Crippen LogP contribution is -2.06. The van der Waals surface area contributed by atoms with Gasteiger partial charge in [-0.25, -0.2) is 9.97 Å². The fraction of sp³-hybridized carbons (Fsp3) is 0.100. The first-order valence-corrected chi connectivity index (χ1v) is 9.63. The van der Waals surface area contributed by atoms with Crippen LogP contribution in [0.25, 0.3) is 21.3 Å². The molecule has 2 heterocycles. The first-order chi connectivity index (χ1) is 13.9. The lowest BCUT2D eigenvalue weighted by Gasteiger charge is -2.13. The van der Waals surface area contributed by atoms with Crippen molar-refractivity contribution in [1.82, 2.24) is 9.97 Å². The summed E-state index contributed by atoms with van der Waals surface area (Å²) in [7, 11) is 1.59. The normalized spacial score (nSPS) is 11.6. The topological polar surface area (TPSA) is 47.0 Å². The maximum Gasteiger partial charge on any atom is 0.417 e. The zero-order valence-corrected chi connectivity index (χ0v) is 16.5. The Morgan fingerprint density at radius 3 is 2.52 bits per heavy atom. The Morgan fingerprint density at radius 1 is 1.07 bits per heavy atom. The number of ether oxygens (including phenoxy) is 1. The first-order valence-electron chi connectivity index (χ1n) is 8.37. The number of alkyl halides is 3. The summed E-state index contributed by atoms with van der Waals surface area (Å²) in [5.41, 5.74) is 1.12. The van der Waals surface area contributed by atoms with Gasteiger partial charge in [-0.05, 0) is 35.9 Å². The van der Waals surface area contributed by atoms with Crippen LogP contribution >= 0.6 is 22.9 Å². The lowest BCUT2D eigenvalue weighted by atomic mass is 10.1. The van der Waals surface area contributed by atoms with Gasteiger partial charge in [-0.1, -0.05) is 23.7 Å². The molecule has 0 saturated heterocycles. The molecular formula is C20H13ClF3N3OS. The molecule has 0 saturated carbocycles. The van der Waals surface area contributed by atoms with Gasteiger partial charge in [0.05, 0.1) is 23.1 Å². The van der Waals surface area contributed by atoms with Crippen molar-refractivity contribution in [3.8, 4) is 16.9 Å². The van der Waals surface area contributed by atoms with E-state index >= 15 is 0 Å². The van der Waals surface area contributed by atoms with E-state index in [-0.39, 0.29) is 10.7 Å². The number of anilines is 2. The summed E-state index contributed by atoms with van der Waals surface area (Å²) in [4.78, 5) is 9.25. The molecule has 2 aromatic carbocycles. The van der Waals surface area contributed by atoms with Crippen LogP contribution in [0.4, 0.5) is 24.7 Å². The predicted molar refractivity (Wildman–Crippen MR) is 109 cm³/mol. The minimum atomic E-state index is -4.55. The summed E-state index contributed by atoms with van der Waals surface area (Å²) in [5.74, 6) is 1.14. The minimum absolute atomic E-state index is 0.230. The molecule has 0 amide bonds. The van der Waals surface area contributed by atoms with Gasteiger partial charge in [0.1, 0.15) is 22.7 Å². The smallest absolute Gasteiger partial charge is 0.417 e. The molecule has 148 valence electrons. The van der Waals surface area contributed by atoms with Crippen LogP contribution in [0.5, 0.6) is 5.75 Å². The van der Waals surface area contributed by atoms with Gasteiger partial charge >= 0.3 is 6.18 Å². The Labute approximate surface area is 173 Å². The maximum atomic E-state index is 13.2. The van der Waals surface area contributed by atoms with Crippen molar-refractivity contribution in [3.05, 3.63) is 64.8 Å². The van der Waals surface area contributed by atoms with E-state index in [1.807, 2.05) is 29.6 Å². The van der Waals surface area contributed by atoms with Crippen molar-refractivity contribution in [2.45, 2.75) is 6.18 Å². The van der Waals surface area contributed by atoms with Crippen molar-refractivity contribution in [1.29, 1.82) is 0 Å². The Bertz CT molecular complexity index is 1180. The van der Waals surface area contributed by atoms with Gasteiger partial charge in [0.25, 0.3) is 0 Å². The number of rotatable bonds is 4. The molecule has 2 aromatic heterocycles. The second-order valence-corrected chi connectivity index (χ2v) is 7.36. The molecule has 29 heavy (non-hydrogen) atoms.